The lowest BCUT2D eigenvalue weighted by molar-refractivity contribution is 0.780. The fraction of sp³-hybridized carbons (Fsp3) is 0.300. The van der Waals surface area contributed by atoms with Gasteiger partial charge in [0.05, 0.1) is 11.4 Å². The van der Waals surface area contributed by atoms with Gasteiger partial charge in [-0.2, -0.15) is 5.10 Å². The zero-order valence-electron chi connectivity index (χ0n) is 8.01. The molecule has 1 atom stereocenters. The van der Waals surface area contributed by atoms with Crippen molar-refractivity contribution >= 4 is 11.5 Å². The first-order valence-corrected chi connectivity index (χ1v) is 4.58. The Morgan fingerprint density at radius 2 is 2.21 bits per heavy atom. The van der Waals surface area contributed by atoms with E-state index in [-0.39, 0.29) is 0 Å². The van der Waals surface area contributed by atoms with Gasteiger partial charge in [0.25, 0.3) is 0 Å². The van der Waals surface area contributed by atoms with Crippen LogP contribution in [0.1, 0.15) is 19.0 Å². The fourth-order valence-corrected chi connectivity index (χ4v) is 1.49. The minimum atomic E-state index is 0.294. The van der Waals surface area contributed by atoms with Gasteiger partial charge in [-0.15, -0.1) is 5.10 Å². The largest absolute Gasteiger partial charge is 0.386 e. The normalized spacial score (nSPS) is 21.4. The first kappa shape index (κ1) is 8.87. The van der Waals surface area contributed by atoms with E-state index in [9.17, 15) is 0 Å². The van der Waals surface area contributed by atoms with Crippen LogP contribution in [0, 0.1) is 5.92 Å². The summed E-state index contributed by atoms with van der Waals surface area (Å²) >= 11 is 0. The number of pyridine rings is 1. The van der Waals surface area contributed by atoms with E-state index in [2.05, 4.69) is 22.1 Å². The number of hydrogen-bond acceptors (Lipinski definition) is 4. The van der Waals surface area contributed by atoms with Gasteiger partial charge in [0.2, 0.25) is 0 Å². The molecule has 0 amide bonds. The zero-order valence-corrected chi connectivity index (χ0v) is 8.01. The first-order chi connectivity index (χ1) is 6.77. The Morgan fingerprint density at radius 1 is 1.36 bits per heavy atom. The van der Waals surface area contributed by atoms with Crippen LogP contribution >= 0.6 is 0 Å². The molecule has 1 aromatic heterocycles. The molecule has 2 rings (SSSR count). The lowest BCUT2D eigenvalue weighted by Crippen LogP contribution is -2.25. The van der Waals surface area contributed by atoms with E-state index in [0.29, 0.717) is 11.8 Å². The van der Waals surface area contributed by atoms with Crippen LogP contribution < -0.4 is 5.73 Å². The number of nitrogens with two attached hydrogens (primary N) is 1. The highest BCUT2D eigenvalue weighted by atomic mass is 15.2. The van der Waals surface area contributed by atoms with Crippen molar-refractivity contribution in [2.24, 2.45) is 21.9 Å². The van der Waals surface area contributed by atoms with Crippen LogP contribution in [-0.4, -0.2) is 16.5 Å². The van der Waals surface area contributed by atoms with Crippen molar-refractivity contribution < 1.29 is 0 Å². The van der Waals surface area contributed by atoms with Crippen LogP contribution in [-0.2, 0) is 0 Å². The van der Waals surface area contributed by atoms with Gasteiger partial charge >= 0.3 is 0 Å². The van der Waals surface area contributed by atoms with Gasteiger partial charge in [-0.05, 0) is 12.1 Å². The lowest BCUT2D eigenvalue weighted by atomic mass is 9.97. The zero-order chi connectivity index (χ0) is 9.97. The van der Waals surface area contributed by atoms with Crippen molar-refractivity contribution in [2.45, 2.75) is 13.3 Å². The molecule has 2 heterocycles. The Labute approximate surface area is 82.6 Å². The van der Waals surface area contributed by atoms with Crippen LogP contribution in [0.4, 0.5) is 0 Å². The summed E-state index contributed by atoms with van der Waals surface area (Å²) in [5.74, 6) is 0.889. The quantitative estimate of drug-likeness (QED) is 0.719. The van der Waals surface area contributed by atoms with Crippen molar-refractivity contribution in [2.75, 3.05) is 0 Å². The second kappa shape index (κ2) is 3.57. The molecule has 4 heteroatoms. The molecule has 2 N–H and O–H groups in total. The summed E-state index contributed by atoms with van der Waals surface area (Å²) in [6.07, 6.45) is 2.52. The van der Waals surface area contributed by atoms with Gasteiger partial charge in [-0.25, -0.2) is 0 Å². The molecule has 4 nitrogen and oxygen atoms in total. The highest BCUT2D eigenvalue weighted by Crippen LogP contribution is 2.15. The van der Waals surface area contributed by atoms with E-state index in [1.807, 2.05) is 18.2 Å². The molecule has 0 saturated carbocycles. The molecular formula is C10H12N4. The topological polar surface area (TPSA) is 63.6 Å². The molecule has 1 aliphatic heterocycles. The number of aromatic nitrogens is 1. The van der Waals surface area contributed by atoms with Gasteiger partial charge in [-0.1, -0.05) is 13.0 Å². The molecular weight excluding hydrogens is 176 g/mol. The van der Waals surface area contributed by atoms with Crippen LogP contribution in [0.2, 0.25) is 0 Å². The van der Waals surface area contributed by atoms with Crippen molar-refractivity contribution in [1.82, 2.24) is 4.98 Å². The summed E-state index contributed by atoms with van der Waals surface area (Å²) in [5, 5.41) is 7.96. The first-order valence-electron chi connectivity index (χ1n) is 4.58. The number of amidine groups is 1. The summed E-state index contributed by atoms with van der Waals surface area (Å²) in [7, 11) is 0. The highest BCUT2D eigenvalue weighted by Gasteiger charge is 2.18. The Kier molecular flexibility index (Phi) is 2.26. The number of hydrogen-bond donors (Lipinski definition) is 1. The van der Waals surface area contributed by atoms with Gasteiger partial charge < -0.3 is 5.73 Å². The number of nitrogens with zero attached hydrogens (tertiary/aromatic N) is 3. The second-order valence-corrected chi connectivity index (χ2v) is 3.40. The van der Waals surface area contributed by atoms with Crippen LogP contribution in [0.5, 0.6) is 0 Å². The predicted octanol–water partition coefficient (Wildman–Crippen LogP) is 1.18. The Bertz CT molecular complexity index is 380. The molecule has 0 bridgehead atoms. The van der Waals surface area contributed by atoms with E-state index in [1.165, 1.54) is 0 Å². The summed E-state index contributed by atoms with van der Waals surface area (Å²) in [6.45, 7) is 2.08. The van der Waals surface area contributed by atoms with E-state index in [0.717, 1.165) is 17.8 Å². The summed E-state index contributed by atoms with van der Waals surface area (Å²) in [6, 6.07) is 5.76. The maximum Gasteiger partial charge on any atom is 0.123 e. The molecule has 72 valence electrons. The molecule has 14 heavy (non-hydrogen) atoms. The number of rotatable bonds is 1. The van der Waals surface area contributed by atoms with E-state index >= 15 is 0 Å². The average Bonchev–Trinajstić information content (AvgIpc) is 2.19. The van der Waals surface area contributed by atoms with Gasteiger partial charge in [0.1, 0.15) is 5.84 Å². The van der Waals surface area contributed by atoms with Gasteiger partial charge in [0, 0.05) is 18.5 Å². The predicted molar refractivity (Wildman–Crippen MR) is 56.2 cm³/mol. The second-order valence-electron chi connectivity index (χ2n) is 3.40. The Morgan fingerprint density at radius 3 is 2.86 bits per heavy atom. The van der Waals surface area contributed by atoms with Crippen molar-refractivity contribution in [1.29, 1.82) is 0 Å². The van der Waals surface area contributed by atoms with E-state index in [4.69, 9.17) is 5.73 Å². The Balaban J connectivity index is 2.35. The van der Waals surface area contributed by atoms with E-state index in [1.54, 1.807) is 6.20 Å². The third kappa shape index (κ3) is 1.64. The molecule has 0 spiro atoms. The average molecular weight is 188 g/mol. The summed E-state index contributed by atoms with van der Waals surface area (Å²) in [4.78, 5) is 4.24. The molecule has 0 aromatic carbocycles. The maximum absolute atomic E-state index is 5.59. The molecule has 0 fully saturated rings. The molecule has 1 unspecified atom stereocenters. The van der Waals surface area contributed by atoms with Crippen LogP contribution in [0.3, 0.4) is 0 Å². The Hall–Kier alpha value is -1.71. The van der Waals surface area contributed by atoms with Gasteiger partial charge in [-0.3, -0.25) is 4.98 Å². The minimum Gasteiger partial charge on any atom is -0.386 e. The van der Waals surface area contributed by atoms with E-state index < -0.39 is 0 Å². The monoisotopic (exact) mass is 188 g/mol. The van der Waals surface area contributed by atoms with Crippen molar-refractivity contribution in [3.05, 3.63) is 30.1 Å². The molecule has 0 radical (unpaired) electrons. The molecule has 0 saturated heterocycles. The molecule has 1 aromatic rings. The smallest absolute Gasteiger partial charge is 0.123 e. The van der Waals surface area contributed by atoms with Crippen molar-refractivity contribution in [3.8, 4) is 0 Å². The summed E-state index contributed by atoms with van der Waals surface area (Å²) in [5.41, 5.74) is 7.39. The standard InChI is InChI=1S/C10H12N4/c1-7-6-9(11)13-14-10(7)8-4-2-3-5-12-8/h2-5,7H,6H2,1H3,(H2,11,13). The third-order valence-corrected chi connectivity index (χ3v) is 2.20. The highest BCUT2D eigenvalue weighted by molar-refractivity contribution is 6.04. The molecule has 1 aliphatic rings. The van der Waals surface area contributed by atoms with Crippen molar-refractivity contribution in [3.63, 3.8) is 0 Å². The van der Waals surface area contributed by atoms with Crippen LogP contribution in [0.25, 0.3) is 0 Å². The van der Waals surface area contributed by atoms with Gasteiger partial charge in [0.15, 0.2) is 0 Å². The molecule has 0 aliphatic carbocycles. The lowest BCUT2D eigenvalue weighted by Gasteiger charge is -2.16. The fourth-order valence-electron chi connectivity index (χ4n) is 1.49. The SMILES string of the molecule is CC1CC(N)=NN=C1c1ccccn1. The van der Waals surface area contributed by atoms with Crippen LogP contribution in [0.15, 0.2) is 34.6 Å². The maximum atomic E-state index is 5.59. The third-order valence-electron chi connectivity index (χ3n) is 2.20. The minimum absolute atomic E-state index is 0.294. The summed E-state index contributed by atoms with van der Waals surface area (Å²) < 4.78 is 0.